The molecule has 0 aromatic heterocycles. The molecule has 1 aliphatic rings. The molecule has 1 heterocycles. The van der Waals surface area contributed by atoms with Crippen molar-refractivity contribution in [3.05, 3.63) is 35.9 Å². The van der Waals surface area contributed by atoms with Crippen molar-refractivity contribution in [2.45, 2.75) is 43.2 Å². The van der Waals surface area contributed by atoms with E-state index in [2.05, 4.69) is 22.6 Å². The Morgan fingerprint density at radius 3 is 2.70 bits per heavy atom. The van der Waals surface area contributed by atoms with Crippen molar-refractivity contribution in [1.82, 2.24) is 4.90 Å². The highest BCUT2D eigenvalue weighted by molar-refractivity contribution is 14.1. The van der Waals surface area contributed by atoms with Crippen LogP contribution in [0.5, 0.6) is 0 Å². The van der Waals surface area contributed by atoms with Crippen LogP contribution in [0.4, 0.5) is 0 Å². The molecule has 4 nitrogen and oxygen atoms in total. The summed E-state index contributed by atoms with van der Waals surface area (Å²) in [6.07, 6.45) is 3.02. The number of rotatable bonds is 9. The SMILES string of the molecule is O=C1C(SCCO)CC(O)(CCCCI)N1Cc1ccccc1. The summed E-state index contributed by atoms with van der Waals surface area (Å²) in [5, 5.41) is 19.9. The number of carbonyl (C=O) groups excluding carboxylic acids is 1. The van der Waals surface area contributed by atoms with E-state index in [0.29, 0.717) is 25.1 Å². The van der Waals surface area contributed by atoms with Crippen LogP contribution in [0.15, 0.2) is 30.3 Å². The molecular formula is C17H24INO3S. The average molecular weight is 449 g/mol. The summed E-state index contributed by atoms with van der Waals surface area (Å²) in [6, 6.07) is 9.80. The second-order valence-corrected chi connectivity index (χ2v) is 8.22. The van der Waals surface area contributed by atoms with Crippen LogP contribution in [0.2, 0.25) is 0 Å². The molecule has 1 aromatic carbocycles. The number of nitrogens with zero attached hydrogens (tertiary/aromatic N) is 1. The third-order valence-electron chi connectivity index (χ3n) is 4.11. The van der Waals surface area contributed by atoms with Crippen LogP contribution >= 0.6 is 34.4 Å². The van der Waals surface area contributed by atoms with Crippen LogP contribution in [0.3, 0.4) is 0 Å². The normalized spacial score (nSPS) is 24.4. The van der Waals surface area contributed by atoms with Gasteiger partial charge in [0.1, 0.15) is 5.72 Å². The number of alkyl halides is 1. The molecule has 1 aliphatic heterocycles. The predicted octanol–water partition coefficient (Wildman–Crippen LogP) is 2.81. The third-order valence-corrected chi connectivity index (χ3v) is 6.06. The van der Waals surface area contributed by atoms with Crippen molar-refractivity contribution in [1.29, 1.82) is 0 Å². The van der Waals surface area contributed by atoms with Gasteiger partial charge >= 0.3 is 0 Å². The Bertz CT molecular complexity index is 502. The molecule has 0 radical (unpaired) electrons. The smallest absolute Gasteiger partial charge is 0.238 e. The van der Waals surface area contributed by atoms with Gasteiger partial charge in [-0.3, -0.25) is 4.79 Å². The second kappa shape index (κ2) is 9.25. The summed E-state index contributed by atoms with van der Waals surface area (Å²) in [7, 11) is 0. The van der Waals surface area contributed by atoms with Gasteiger partial charge in [0.05, 0.1) is 11.9 Å². The van der Waals surface area contributed by atoms with Gasteiger partial charge in [-0.15, -0.1) is 11.8 Å². The van der Waals surface area contributed by atoms with Gasteiger partial charge in [0.2, 0.25) is 5.91 Å². The molecule has 2 rings (SSSR count). The monoisotopic (exact) mass is 449 g/mol. The Labute approximate surface area is 155 Å². The highest BCUT2D eigenvalue weighted by Crippen LogP contribution is 2.39. The fourth-order valence-corrected chi connectivity index (χ4v) is 4.51. The Morgan fingerprint density at radius 1 is 1.30 bits per heavy atom. The van der Waals surface area contributed by atoms with Gasteiger partial charge in [-0.25, -0.2) is 0 Å². The molecule has 23 heavy (non-hydrogen) atoms. The standard InChI is InChI=1S/C17H24INO3S/c18-9-5-4-8-17(22)12-15(23-11-10-20)16(21)19(17)13-14-6-2-1-3-7-14/h1-3,6-7,15,20,22H,4-5,8-13H2. The van der Waals surface area contributed by atoms with E-state index in [0.717, 1.165) is 22.8 Å². The molecule has 2 unspecified atom stereocenters. The number of aliphatic hydroxyl groups is 2. The van der Waals surface area contributed by atoms with E-state index in [1.807, 2.05) is 30.3 Å². The molecule has 128 valence electrons. The number of hydrogen-bond donors (Lipinski definition) is 2. The number of aliphatic hydroxyl groups excluding tert-OH is 1. The molecule has 0 saturated carbocycles. The van der Waals surface area contributed by atoms with E-state index in [1.54, 1.807) is 4.90 Å². The maximum absolute atomic E-state index is 12.7. The fraction of sp³-hybridized carbons (Fsp3) is 0.588. The Balaban J connectivity index is 2.12. The number of hydrogen-bond acceptors (Lipinski definition) is 4. The number of amides is 1. The fourth-order valence-electron chi connectivity index (χ4n) is 2.93. The van der Waals surface area contributed by atoms with E-state index >= 15 is 0 Å². The van der Waals surface area contributed by atoms with Gasteiger partial charge in [-0.05, 0) is 29.3 Å². The van der Waals surface area contributed by atoms with E-state index < -0.39 is 5.72 Å². The lowest BCUT2D eigenvalue weighted by atomic mass is 10.0. The van der Waals surface area contributed by atoms with Crippen LogP contribution in [0.25, 0.3) is 0 Å². The number of halogens is 1. The van der Waals surface area contributed by atoms with Crippen LogP contribution in [-0.4, -0.2) is 48.8 Å². The van der Waals surface area contributed by atoms with Gasteiger partial charge < -0.3 is 15.1 Å². The molecule has 1 aromatic rings. The van der Waals surface area contributed by atoms with Crippen LogP contribution in [-0.2, 0) is 11.3 Å². The first-order valence-corrected chi connectivity index (χ1v) is 10.5. The molecule has 0 spiro atoms. The Hall–Kier alpha value is -0.310. The highest BCUT2D eigenvalue weighted by atomic mass is 127. The zero-order valence-electron chi connectivity index (χ0n) is 13.2. The van der Waals surface area contributed by atoms with Crippen molar-refractivity contribution in [2.24, 2.45) is 0 Å². The van der Waals surface area contributed by atoms with E-state index in [-0.39, 0.29) is 17.8 Å². The van der Waals surface area contributed by atoms with Crippen LogP contribution in [0, 0.1) is 0 Å². The molecule has 1 fully saturated rings. The maximum atomic E-state index is 12.7. The minimum Gasteiger partial charge on any atom is -0.396 e. The zero-order chi connectivity index (χ0) is 16.7. The summed E-state index contributed by atoms with van der Waals surface area (Å²) in [4.78, 5) is 14.4. The molecular weight excluding hydrogens is 425 g/mol. The van der Waals surface area contributed by atoms with Crippen molar-refractivity contribution in [3.63, 3.8) is 0 Å². The summed E-state index contributed by atoms with van der Waals surface area (Å²) in [5.41, 5.74) is -0.0350. The molecule has 1 saturated heterocycles. The predicted molar refractivity (Wildman–Crippen MR) is 103 cm³/mol. The second-order valence-electron chi connectivity index (χ2n) is 5.83. The maximum Gasteiger partial charge on any atom is 0.238 e. The molecule has 0 aliphatic carbocycles. The van der Waals surface area contributed by atoms with Crippen molar-refractivity contribution in [2.75, 3.05) is 16.8 Å². The lowest BCUT2D eigenvalue weighted by Crippen LogP contribution is -2.45. The minimum absolute atomic E-state index is 0.00993. The number of carbonyl (C=O) groups is 1. The summed E-state index contributed by atoms with van der Waals surface area (Å²) >= 11 is 3.78. The number of likely N-dealkylation sites (tertiary alicyclic amines) is 1. The average Bonchev–Trinajstić information content (AvgIpc) is 2.79. The summed E-state index contributed by atoms with van der Waals surface area (Å²) in [6.45, 7) is 0.497. The first-order chi connectivity index (χ1) is 11.1. The van der Waals surface area contributed by atoms with Gasteiger partial charge in [0.15, 0.2) is 0 Å². The van der Waals surface area contributed by atoms with E-state index in [4.69, 9.17) is 5.11 Å². The highest BCUT2D eigenvalue weighted by Gasteiger charge is 2.49. The quantitative estimate of drug-likeness (QED) is 0.346. The van der Waals surface area contributed by atoms with Crippen LogP contribution in [0.1, 0.15) is 31.2 Å². The third kappa shape index (κ3) is 5.08. The number of unbranched alkanes of at least 4 members (excludes halogenated alkanes) is 1. The topological polar surface area (TPSA) is 60.8 Å². The number of benzene rings is 1. The summed E-state index contributed by atoms with van der Waals surface area (Å²) < 4.78 is 1.06. The largest absolute Gasteiger partial charge is 0.396 e. The van der Waals surface area contributed by atoms with Gasteiger partial charge in [-0.1, -0.05) is 52.9 Å². The van der Waals surface area contributed by atoms with Crippen molar-refractivity contribution in [3.8, 4) is 0 Å². The van der Waals surface area contributed by atoms with E-state index in [1.165, 1.54) is 11.8 Å². The Kier molecular flexibility index (Phi) is 7.65. The minimum atomic E-state index is -1.06. The lowest BCUT2D eigenvalue weighted by molar-refractivity contribution is -0.148. The molecule has 6 heteroatoms. The first kappa shape index (κ1) is 19.0. The molecule has 1 amide bonds. The first-order valence-electron chi connectivity index (χ1n) is 7.97. The number of thioether (sulfide) groups is 1. The van der Waals surface area contributed by atoms with Gasteiger partial charge in [0.25, 0.3) is 0 Å². The lowest BCUT2D eigenvalue weighted by Gasteiger charge is -2.33. The van der Waals surface area contributed by atoms with E-state index in [9.17, 15) is 9.90 Å². The molecule has 0 bridgehead atoms. The summed E-state index contributed by atoms with van der Waals surface area (Å²) in [5.74, 6) is 0.517. The zero-order valence-corrected chi connectivity index (χ0v) is 16.1. The molecule has 2 N–H and O–H groups in total. The molecule has 2 atom stereocenters. The van der Waals surface area contributed by atoms with Crippen molar-refractivity contribution < 1.29 is 15.0 Å². The van der Waals surface area contributed by atoms with Gasteiger partial charge in [-0.2, -0.15) is 0 Å². The Morgan fingerprint density at radius 2 is 2.04 bits per heavy atom. The van der Waals surface area contributed by atoms with Gasteiger partial charge in [0, 0.05) is 18.7 Å². The van der Waals surface area contributed by atoms with Crippen LogP contribution < -0.4 is 0 Å². The van der Waals surface area contributed by atoms with Crippen molar-refractivity contribution >= 4 is 40.3 Å².